The third-order valence-corrected chi connectivity index (χ3v) is 3.60. The van der Waals surface area contributed by atoms with Crippen LogP contribution >= 0.6 is 0 Å². The zero-order valence-corrected chi connectivity index (χ0v) is 13.5. The van der Waals surface area contributed by atoms with Gasteiger partial charge in [0.15, 0.2) is 0 Å². The van der Waals surface area contributed by atoms with Crippen molar-refractivity contribution in [3.63, 3.8) is 0 Å². The number of aliphatic hydroxyl groups is 1. The topological polar surface area (TPSA) is 41.9 Å². The van der Waals surface area contributed by atoms with Crippen molar-refractivity contribution in [2.45, 2.75) is 46.0 Å². The molecule has 0 saturated carbocycles. The van der Waals surface area contributed by atoms with Gasteiger partial charge in [-0.25, -0.2) is 0 Å². The quantitative estimate of drug-likeness (QED) is 0.903. The molecule has 0 spiro atoms. The zero-order valence-electron chi connectivity index (χ0n) is 13.5. The molecule has 0 aliphatic carbocycles. The van der Waals surface area contributed by atoms with Crippen molar-refractivity contribution in [3.05, 3.63) is 29.3 Å². The van der Waals surface area contributed by atoms with Crippen LogP contribution in [0.4, 0.5) is 0 Å². The minimum atomic E-state index is -0.483. The summed E-state index contributed by atoms with van der Waals surface area (Å²) in [5, 5.41) is 10.2. The molecule has 4 nitrogen and oxygen atoms in total. The molecule has 2 rings (SSSR count). The van der Waals surface area contributed by atoms with Crippen LogP contribution in [0.25, 0.3) is 0 Å². The number of hydrogen-bond acceptors (Lipinski definition) is 4. The third kappa shape index (κ3) is 5.30. The molecule has 0 aromatic heterocycles. The van der Waals surface area contributed by atoms with Gasteiger partial charge < -0.3 is 14.6 Å². The highest BCUT2D eigenvalue weighted by Gasteiger charge is 2.23. The van der Waals surface area contributed by atoms with Crippen LogP contribution in [-0.4, -0.2) is 54.6 Å². The van der Waals surface area contributed by atoms with Gasteiger partial charge in [0.1, 0.15) is 18.5 Å². The number of β-amino-alcohol motifs (C(OH)–C–C–N with tert-alkyl or cyclic N) is 1. The Balaban J connectivity index is 1.80. The Bertz CT molecular complexity index is 433. The van der Waals surface area contributed by atoms with Gasteiger partial charge in [0.2, 0.25) is 0 Å². The molecule has 1 aliphatic rings. The lowest BCUT2D eigenvalue weighted by atomic mass is 10.1. The lowest BCUT2D eigenvalue weighted by molar-refractivity contribution is -0.0786. The highest BCUT2D eigenvalue weighted by molar-refractivity contribution is 5.32. The standard InChI is InChI=1S/C17H27NO3/c1-12-5-13(2)7-17(6-12)20-11-16(19)10-18-8-14(3)21-15(4)9-18/h5-7,14-16,19H,8-11H2,1-4H3/t14-,15-,16+/m0/s1. The lowest BCUT2D eigenvalue weighted by Gasteiger charge is -2.36. The molecular weight excluding hydrogens is 266 g/mol. The lowest BCUT2D eigenvalue weighted by Crippen LogP contribution is -2.48. The summed E-state index contributed by atoms with van der Waals surface area (Å²) in [6.07, 6.45) is -0.0362. The molecular formula is C17H27NO3. The van der Waals surface area contributed by atoms with Crippen molar-refractivity contribution < 1.29 is 14.6 Å². The number of aliphatic hydroxyl groups excluding tert-OH is 1. The average molecular weight is 293 g/mol. The van der Waals surface area contributed by atoms with Crippen molar-refractivity contribution in [1.29, 1.82) is 0 Å². The summed E-state index contributed by atoms with van der Waals surface area (Å²) in [6, 6.07) is 6.11. The van der Waals surface area contributed by atoms with Gasteiger partial charge in [0.25, 0.3) is 0 Å². The number of rotatable bonds is 5. The van der Waals surface area contributed by atoms with Crippen LogP contribution in [0.2, 0.25) is 0 Å². The van der Waals surface area contributed by atoms with Gasteiger partial charge in [-0.05, 0) is 51.0 Å². The molecule has 1 fully saturated rings. The van der Waals surface area contributed by atoms with Gasteiger partial charge in [-0.3, -0.25) is 4.90 Å². The molecule has 1 aromatic rings. The summed E-state index contributed by atoms with van der Waals surface area (Å²) >= 11 is 0. The molecule has 118 valence electrons. The van der Waals surface area contributed by atoms with Crippen LogP contribution in [-0.2, 0) is 4.74 Å². The number of nitrogens with zero attached hydrogens (tertiary/aromatic N) is 1. The van der Waals surface area contributed by atoms with E-state index in [1.807, 2.05) is 26.0 Å². The largest absolute Gasteiger partial charge is 0.491 e. The van der Waals surface area contributed by atoms with Crippen molar-refractivity contribution in [3.8, 4) is 5.75 Å². The van der Waals surface area contributed by atoms with Crippen LogP contribution in [0.1, 0.15) is 25.0 Å². The Morgan fingerprint density at radius 1 is 1.19 bits per heavy atom. The molecule has 21 heavy (non-hydrogen) atoms. The second kappa shape index (κ2) is 7.25. The predicted molar refractivity (Wildman–Crippen MR) is 83.9 cm³/mol. The molecule has 1 heterocycles. The Hall–Kier alpha value is -1.10. The number of morpholine rings is 1. The maximum Gasteiger partial charge on any atom is 0.119 e. The maximum absolute atomic E-state index is 10.2. The highest BCUT2D eigenvalue weighted by atomic mass is 16.5. The smallest absolute Gasteiger partial charge is 0.119 e. The summed E-state index contributed by atoms with van der Waals surface area (Å²) < 4.78 is 11.4. The van der Waals surface area contributed by atoms with Gasteiger partial charge in [-0.2, -0.15) is 0 Å². The van der Waals surface area contributed by atoms with Crippen LogP contribution in [0.3, 0.4) is 0 Å². The third-order valence-electron chi connectivity index (χ3n) is 3.60. The first-order chi connectivity index (χ1) is 9.92. The fourth-order valence-electron chi connectivity index (χ4n) is 2.99. The van der Waals surface area contributed by atoms with Crippen LogP contribution in [0, 0.1) is 13.8 Å². The van der Waals surface area contributed by atoms with Gasteiger partial charge in [0.05, 0.1) is 12.2 Å². The second-order valence-electron chi connectivity index (χ2n) is 6.26. The Labute approximate surface area is 127 Å². The molecule has 1 saturated heterocycles. The highest BCUT2D eigenvalue weighted by Crippen LogP contribution is 2.17. The van der Waals surface area contributed by atoms with Gasteiger partial charge in [-0.1, -0.05) is 6.07 Å². The molecule has 0 unspecified atom stereocenters. The SMILES string of the molecule is Cc1cc(C)cc(OC[C@H](O)CN2C[C@H](C)O[C@@H](C)C2)c1. The van der Waals surface area contributed by atoms with Crippen molar-refractivity contribution >= 4 is 0 Å². The number of hydrogen-bond donors (Lipinski definition) is 1. The zero-order chi connectivity index (χ0) is 15.4. The van der Waals surface area contributed by atoms with E-state index in [1.54, 1.807) is 0 Å². The minimum absolute atomic E-state index is 0.223. The first kappa shape index (κ1) is 16.3. The summed E-state index contributed by atoms with van der Waals surface area (Å²) in [6.45, 7) is 10.9. The van der Waals surface area contributed by atoms with Gasteiger partial charge >= 0.3 is 0 Å². The van der Waals surface area contributed by atoms with Crippen molar-refractivity contribution in [2.24, 2.45) is 0 Å². The van der Waals surface area contributed by atoms with E-state index in [9.17, 15) is 5.11 Å². The Morgan fingerprint density at radius 2 is 1.76 bits per heavy atom. The van der Waals surface area contributed by atoms with E-state index >= 15 is 0 Å². The van der Waals surface area contributed by atoms with E-state index in [1.165, 1.54) is 11.1 Å². The molecule has 0 amide bonds. The van der Waals surface area contributed by atoms with Gasteiger partial charge in [0, 0.05) is 19.6 Å². The van der Waals surface area contributed by atoms with E-state index < -0.39 is 6.10 Å². The average Bonchev–Trinajstić information content (AvgIpc) is 2.34. The van der Waals surface area contributed by atoms with Crippen molar-refractivity contribution in [1.82, 2.24) is 4.90 Å². The molecule has 1 N–H and O–H groups in total. The van der Waals surface area contributed by atoms with Gasteiger partial charge in [-0.15, -0.1) is 0 Å². The maximum atomic E-state index is 10.2. The fraction of sp³-hybridized carbons (Fsp3) is 0.647. The predicted octanol–water partition coefficient (Wildman–Crippen LogP) is 2.15. The first-order valence-electron chi connectivity index (χ1n) is 7.69. The van der Waals surface area contributed by atoms with Crippen LogP contribution in [0.5, 0.6) is 5.75 Å². The first-order valence-corrected chi connectivity index (χ1v) is 7.69. The fourth-order valence-corrected chi connectivity index (χ4v) is 2.99. The number of ether oxygens (including phenoxy) is 2. The van der Waals surface area contributed by atoms with Crippen molar-refractivity contribution in [2.75, 3.05) is 26.2 Å². The summed E-state index contributed by atoms with van der Waals surface area (Å²) in [5.41, 5.74) is 2.35. The number of benzene rings is 1. The molecule has 1 aromatic carbocycles. The van der Waals surface area contributed by atoms with E-state index in [2.05, 4.69) is 24.8 Å². The Morgan fingerprint density at radius 3 is 2.33 bits per heavy atom. The second-order valence-corrected chi connectivity index (χ2v) is 6.26. The molecule has 1 aliphatic heterocycles. The van der Waals surface area contributed by atoms with Crippen LogP contribution in [0.15, 0.2) is 18.2 Å². The van der Waals surface area contributed by atoms with Crippen LogP contribution < -0.4 is 4.74 Å². The molecule has 0 radical (unpaired) electrons. The normalized spacial score (nSPS) is 24.8. The van der Waals surface area contributed by atoms with E-state index in [4.69, 9.17) is 9.47 Å². The number of aryl methyl sites for hydroxylation is 2. The summed E-state index contributed by atoms with van der Waals surface area (Å²) in [4.78, 5) is 2.24. The molecule has 4 heteroatoms. The van der Waals surface area contributed by atoms with E-state index in [0.717, 1.165) is 18.8 Å². The van der Waals surface area contributed by atoms with E-state index in [0.29, 0.717) is 13.2 Å². The molecule has 0 bridgehead atoms. The summed E-state index contributed by atoms with van der Waals surface area (Å²) in [7, 11) is 0. The van der Waals surface area contributed by atoms with E-state index in [-0.39, 0.29) is 12.2 Å². The Kier molecular flexibility index (Phi) is 5.62. The monoisotopic (exact) mass is 293 g/mol. The minimum Gasteiger partial charge on any atom is -0.491 e. The molecule has 3 atom stereocenters. The summed E-state index contributed by atoms with van der Waals surface area (Å²) in [5.74, 6) is 0.829.